The summed E-state index contributed by atoms with van der Waals surface area (Å²) in [6, 6.07) is 0. The normalized spacial score (nSPS) is 20.7. The van der Waals surface area contributed by atoms with Crippen molar-refractivity contribution in [3.63, 3.8) is 0 Å². The monoisotopic (exact) mass is 245 g/mol. The average molecular weight is 245 g/mol. The van der Waals surface area contributed by atoms with Crippen molar-refractivity contribution in [2.24, 2.45) is 7.05 Å². The van der Waals surface area contributed by atoms with Crippen molar-refractivity contribution in [1.29, 1.82) is 0 Å². The van der Waals surface area contributed by atoms with Gasteiger partial charge in [-0.3, -0.25) is 10.00 Å². The lowest BCUT2D eigenvalue weighted by Crippen LogP contribution is -2.21. The molecule has 0 unspecified atom stereocenters. The van der Waals surface area contributed by atoms with Crippen molar-refractivity contribution in [3.05, 3.63) is 35.7 Å². The molecule has 1 aliphatic heterocycles. The van der Waals surface area contributed by atoms with Gasteiger partial charge >= 0.3 is 0 Å². The molecule has 96 valence electrons. The molecule has 0 bridgehead atoms. The lowest BCUT2D eigenvalue weighted by Gasteiger charge is -2.15. The molecule has 5 heteroatoms. The first kappa shape index (κ1) is 11.5. The molecule has 18 heavy (non-hydrogen) atoms. The predicted octanol–water partition coefficient (Wildman–Crippen LogP) is 1.44. The molecule has 0 saturated carbocycles. The minimum Gasteiger partial charge on any atom is -0.337 e. The van der Waals surface area contributed by atoms with Crippen molar-refractivity contribution in [2.45, 2.75) is 25.8 Å². The van der Waals surface area contributed by atoms with Crippen LogP contribution in [0.15, 0.2) is 18.6 Å². The van der Waals surface area contributed by atoms with E-state index in [1.165, 1.54) is 17.7 Å². The number of aromatic nitrogens is 4. The van der Waals surface area contributed by atoms with Crippen molar-refractivity contribution in [3.8, 4) is 0 Å². The highest BCUT2D eigenvalue weighted by molar-refractivity contribution is 5.20. The van der Waals surface area contributed by atoms with Gasteiger partial charge in [-0.15, -0.1) is 0 Å². The maximum Gasteiger partial charge on any atom is 0.122 e. The molecule has 1 atom stereocenters. The summed E-state index contributed by atoms with van der Waals surface area (Å²) in [5.41, 5.74) is 2.58. The average Bonchev–Trinajstić information content (AvgIpc) is 3.03. The van der Waals surface area contributed by atoms with Gasteiger partial charge in [0.1, 0.15) is 5.82 Å². The molecule has 5 nitrogen and oxygen atoms in total. The quantitative estimate of drug-likeness (QED) is 0.890. The van der Waals surface area contributed by atoms with Crippen LogP contribution in [0.25, 0.3) is 0 Å². The van der Waals surface area contributed by atoms with E-state index in [1.54, 1.807) is 0 Å². The number of hydrogen-bond acceptors (Lipinski definition) is 3. The number of nitrogens with one attached hydrogen (secondary N) is 1. The van der Waals surface area contributed by atoms with E-state index in [9.17, 15) is 0 Å². The second-order valence-corrected chi connectivity index (χ2v) is 5.14. The van der Waals surface area contributed by atoms with Crippen LogP contribution in [0.4, 0.5) is 0 Å². The third kappa shape index (κ3) is 2.06. The third-order valence-corrected chi connectivity index (χ3v) is 3.83. The SMILES string of the molecule is Cc1cn[nH]c1[C@H]1CCN(Cc2nccn2C)C1. The molecule has 1 saturated heterocycles. The second kappa shape index (κ2) is 4.57. The Labute approximate surface area is 107 Å². The van der Waals surface area contributed by atoms with Crippen LogP contribution < -0.4 is 0 Å². The maximum absolute atomic E-state index is 4.39. The summed E-state index contributed by atoms with van der Waals surface area (Å²) >= 11 is 0. The van der Waals surface area contributed by atoms with Gasteiger partial charge in [0.25, 0.3) is 0 Å². The van der Waals surface area contributed by atoms with E-state index in [0.717, 1.165) is 25.5 Å². The minimum atomic E-state index is 0.591. The van der Waals surface area contributed by atoms with E-state index in [4.69, 9.17) is 0 Å². The summed E-state index contributed by atoms with van der Waals surface area (Å²) < 4.78 is 2.09. The molecule has 0 spiro atoms. The zero-order chi connectivity index (χ0) is 12.5. The molecular weight excluding hydrogens is 226 g/mol. The van der Waals surface area contributed by atoms with Crippen molar-refractivity contribution >= 4 is 0 Å². The molecule has 1 aliphatic rings. The van der Waals surface area contributed by atoms with Crippen LogP contribution in [0.2, 0.25) is 0 Å². The van der Waals surface area contributed by atoms with Crippen LogP contribution in [-0.4, -0.2) is 37.7 Å². The highest BCUT2D eigenvalue weighted by Crippen LogP contribution is 2.28. The summed E-state index contributed by atoms with van der Waals surface area (Å²) in [6.07, 6.45) is 6.98. The van der Waals surface area contributed by atoms with Crippen LogP contribution in [0, 0.1) is 6.92 Å². The molecule has 0 aliphatic carbocycles. The van der Waals surface area contributed by atoms with Gasteiger partial charge in [-0.1, -0.05) is 0 Å². The molecule has 2 aromatic rings. The summed E-state index contributed by atoms with van der Waals surface area (Å²) in [5, 5.41) is 7.26. The number of H-pyrrole nitrogens is 1. The lowest BCUT2D eigenvalue weighted by molar-refractivity contribution is 0.314. The largest absolute Gasteiger partial charge is 0.337 e. The summed E-state index contributed by atoms with van der Waals surface area (Å²) in [5.74, 6) is 1.73. The Morgan fingerprint density at radius 1 is 1.50 bits per heavy atom. The summed E-state index contributed by atoms with van der Waals surface area (Å²) in [4.78, 5) is 6.85. The number of hydrogen-bond donors (Lipinski definition) is 1. The van der Waals surface area contributed by atoms with Gasteiger partial charge in [-0.05, 0) is 25.5 Å². The van der Waals surface area contributed by atoms with Gasteiger partial charge in [0.15, 0.2) is 0 Å². The second-order valence-electron chi connectivity index (χ2n) is 5.14. The first-order chi connectivity index (χ1) is 8.74. The summed E-state index contributed by atoms with van der Waals surface area (Å²) in [6.45, 7) is 5.29. The number of nitrogens with zero attached hydrogens (tertiary/aromatic N) is 4. The molecule has 3 heterocycles. The Hall–Kier alpha value is -1.62. The molecular formula is C13H19N5. The summed E-state index contributed by atoms with van der Waals surface area (Å²) in [7, 11) is 2.05. The Bertz CT molecular complexity index is 527. The molecule has 2 aromatic heterocycles. The van der Waals surface area contributed by atoms with Crippen molar-refractivity contribution < 1.29 is 0 Å². The molecule has 0 aromatic carbocycles. The molecule has 1 N–H and O–H groups in total. The van der Waals surface area contributed by atoms with E-state index in [-0.39, 0.29) is 0 Å². The van der Waals surface area contributed by atoms with E-state index < -0.39 is 0 Å². The highest BCUT2D eigenvalue weighted by Gasteiger charge is 2.26. The van der Waals surface area contributed by atoms with Gasteiger partial charge in [-0.2, -0.15) is 5.10 Å². The van der Waals surface area contributed by atoms with Crippen LogP contribution >= 0.6 is 0 Å². The van der Waals surface area contributed by atoms with Gasteiger partial charge in [0.05, 0.1) is 12.7 Å². The number of aryl methyl sites for hydroxylation is 2. The topological polar surface area (TPSA) is 49.7 Å². The fraction of sp³-hybridized carbons (Fsp3) is 0.538. The molecule has 3 rings (SSSR count). The first-order valence-electron chi connectivity index (χ1n) is 6.42. The van der Waals surface area contributed by atoms with Crippen molar-refractivity contribution in [1.82, 2.24) is 24.6 Å². The van der Waals surface area contributed by atoms with E-state index in [2.05, 4.69) is 38.6 Å². The zero-order valence-corrected chi connectivity index (χ0v) is 10.9. The van der Waals surface area contributed by atoms with Crippen LogP contribution in [0.5, 0.6) is 0 Å². The molecule has 0 radical (unpaired) electrons. The lowest BCUT2D eigenvalue weighted by atomic mass is 10.0. The Morgan fingerprint density at radius 2 is 2.39 bits per heavy atom. The smallest absolute Gasteiger partial charge is 0.122 e. The van der Waals surface area contributed by atoms with Crippen LogP contribution in [-0.2, 0) is 13.6 Å². The number of aromatic amines is 1. The number of rotatable bonds is 3. The van der Waals surface area contributed by atoms with Gasteiger partial charge in [0, 0.05) is 37.6 Å². The predicted molar refractivity (Wildman–Crippen MR) is 69.2 cm³/mol. The standard InChI is InChI=1S/C13H19N5/c1-10-7-15-16-13(10)11-3-5-18(8-11)9-12-14-4-6-17(12)2/h4,6-7,11H,3,5,8-9H2,1-2H3,(H,15,16)/t11-/m0/s1. The van der Waals surface area contributed by atoms with Gasteiger partial charge in [0.2, 0.25) is 0 Å². The zero-order valence-electron chi connectivity index (χ0n) is 10.9. The molecule has 0 amide bonds. The third-order valence-electron chi connectivity index (χ3n) is 3.83. The van der Waals surface area contributed by atoms with E-state index in [0.29, 0.717) is 5.92 Å². The number of likely N-dealkylation sites (tertiary alicyclic amines) is 1. The Balaban J connectivity index is 1.66. The Kier molecular flexibility index (Phi) is 2.91. The number of imidazole rings is 1. The van der Waals surface area contributed by atoms with Gasteiger partial charge in [-0.25, -0.2) is 4.98 Å². The van der Waals surface area contributed by atoms with Crippen molar-refractivity contribution in [2.75, 3.05) is 13.1 Å². The fourth-order valence-corrected chi connectivity index (χ4v) is 2.73. The van der Waals surface area contributed by atoms with Crippen LogP contribution in [0.3, 0.4) is 0 Å². The van der Waals surface area contributed by atoms with E-state index in [1.807, 2.05) is 18.6 Å². The van der Waals surface area contributed by atoms with Crippen LogP contribution in [0.1, 0.15) is 29.4 Å². The highest BCUT2D eigenvalue weighted by atomic mass is 15.2. The Morgan fingerprint density at radius 3 is 3.06 bits per heavy atom. The molecule has 1 fully saturated rings. The fourth-order valence-electron chi connectivity index (χ4n) is 2.73. The van der Waals surface area contributed by atoms with E-state index >= 15 is 0 Å². The first-order valence-corrected chi connectivity index (χ1v) is 6.42. The minimum absolute atomic E-state index is 0.591. The van der Waals surface area contributed by atoms with Gasteiger partial charge < -0.3 is 4.57 Å². The maximum atomic E-state index is 4.39.